The van der Waals surface area contributed by atoms with Gasteiger partial charge in [0.15, 0.2) is 0 Å². The third kappa shape index (κ3) is 3.43. The Kier molecular flexibility index (Phi) is 4.34. The summed E-state index contributed by atoms with van der Waals surface area (Å²) in [5.74, 6) is 0.617. The van der Waals surface area contributed by atoms with E-state index in [9.17, 15) is 4.79 Å². The highest BCUT2D eigenvalue weighted by molar-refractivity contribution is 5.94. The van der Waals surface area contributed by atoms with Crippen LogP contribution in [0.3, 0.4) is 0 Å². The van der Waals surface area contributed by atoms with Gasteiger partial charge in [0.25, 0.3) is 5.91 Å². The maximum absolute atomic E-state index is 12.0. The number of hydrogen-bond donors (Lipinski definition) is 3. The number of aromatic nitrogens is 3. The van der Waals surface area contributed by atoms with Gasteiger partial charge < -0.3 is 15.4 Å². The lowest BCUT2D eigenvalue weighted by atomic mass is 10.2. The van der Waals surface area contributed by atoms with E-state index in [0.29, 0.717) is 12.1 Å². The lowest BCUT2D eigenvalue weighted by Crippen LogP contribution is -2.24. The minimum Gasteiger partial charge on any atom is -0.489 e. The second-order valence-corrected chi connectivity index (χ2v) is 5.31. The van der Waals surface area contributed by atoms with Crippen LogP contribution in [0.5, 0.6) is 5.75 Å². The second-order valence-electron chi connectivity index (χ2n) is 5.31. The molecule has 7 heteroatoms. The number of carbonyl (C=O) groups excluding carboxylic acids is 1. The Morgan fingerprint density at radius 2 is 2.45 bits per heavy atom. The van der Waals surface area contributed by atoms with Crippen LogP contribution in [-0.4, -0.2) is 40.3 Å². The van der Waals surface area contributed by atoms with E-state index in [1.165, 1.54) is 6.20 Å². The molecule has 0 radical (unpaired) electrons. The van der Waals surface area contributed by atoms with Gasteiger partial charge in [0.05, 0.1) is 24.0 Å². The number of amides is 1. The van der Waals surface area contributed by atoms with Crippen molar-refractivity contribution in [3.05, 3.63) is 41.5 Å². The van der Waals surface area contributed by atoms with Crippen LogP contribution in [0, 0.1) is 6.92 Å². The molecule has 0 aromatic carbocycles. The first-order valence-corrected chi connectivity index (χ1v) is 7.33. The van der Waals surface area contributed by atoms with E-state index >= 15 is 0 Å². The number of rotatable bonds is 5. The van der Waals surface area contributed by atoms with Crippen LogP contribution >= 0.6 is 0 Å². The van der Waals surface area contributed by atoms with E-state index in [-0.39, 0.29) is 12.0 Å². The fraction of sp³-hybridized carbons (Fsp3) is 0.400. The Hall–Kier alpha value is -2.41. The van der Waals surface area contributed by atoms with Crippen molar-refractivity contribution in [1.29, 1.82) is 0 Å². The topological polar surface area (TPSA) is 91.9 Å². The highest BCUT2D eigenvalue weighted by Gasteiger charge is 2.16. The number of hydrogen-bond acceptors (Lipinski definition) is 5. The van der Waals surface area contributed by atoms with Gasteiger partial charge in [-0.3, -0.25) is 14.9 Å². The van der Waals surface area contributed by atoms with E-state index in [1.807, 2.05) is 19.1 Å². The summed E-state index contributed by atoms with van der Waals surface area (Å²) in [4.78, 5) is 16.3. The van der Waals surface area contributed by atoms with E-state index in [2.05, 4.69) is 25.8 Å². The molecule has 1 amide bonds. The summed E-state index contributed by atoms with van der Waals surface area (Å²) in [5, 5.41) is 12.7. The van der Waals surface area contributed by atoms with Crippen molar-refractivity contribution in [1.82, 2.24) is 25.8 Å². The molecular formula is C15H19N5O2. The van der Waals surface area contributed by atoms with Gasteiger partial charge in [0, 0.05) is 24.5 Å². The third-order valence-corrected chi connectivity index (χ3v) is 3.61. The molecule has 1 unspecified atom stereocenters. The fourth-order valence-corrected chi connectivity index (χ4v) is 2.39. The number of carbonyl (C=O) groups is 1. The molecule has 1 atom stereocenters. The molecule has 1 aliphatic heterocycles. The zero-order chi connectivity index (χ0) is 15.4. The second kappa shape index (κ2) is 6.57. The molecule has 0 spiro atoms. The summed E-state index contributed by atoms with van der Waals surface area (Å²) in [5.41, 5.74) is 2.05. The standard InChI is InChI=1S/C15H19N5O2/c1-10-14(9-19-20-10)15(21)18-7-11-6-12(3-5-17-11)22-13-2-4-16-8-13/h3,5-6,9,13,16H,2,4,7-8H2,1H3,(H,18,21)(H,19,20). The van der Waals surface area contributed by atoms with Gasteiger partial charge in [-0.05, 0) is 26.0 Å². The zero-order valence-electron chi connectivity index (χ0n) is 12.4. The molecule has 116 valence electrons. The lowest BCUT2D eigenvalue weighted by molar-refractivity contribution is 0.0949. The van der Waals surface area contributed by atoms with Gasteiger partial charge in [-0.25, -0.2) is 0 Å². The fourth-order valence-electron chi connectivity index (χ4n) is 2.39. The van der Waals surface area contributed by atoms with E-state index in [4.69, 9.17) is 4.74 Å². The third-order valence-electron chi connectivity index (χ3n) is 3.61. The molecule has 1 saturated heterocycles. The summed E-state index contributed by atoms with van der Waals surface area (Å²) in [6.07, 6.45) is 4.43. The Morgan fingerprint density at radius 3 is 3.18 bits per heavy atom. The van der Waals surface area contributed by atoms with Crippen LogP contribution in [0.15, 0.2) is 24.5 Å². The van der Waals surface area contributed by atoms with Crippen LogP contribution in [0.1, 0.15) is 28.2 Å². The summed E-state index contributed by atoms with van der Waals surface area (Å²) in [6.45, 7) is 4.02. The maximum atomic E-state index is 12.0. The first-order valence-electron chi connectivity index (χ1n) is 7.33. The normalized spacial score (nSPS) is 17.4. The highest BCUT2D eigenvalue weighted by Crippen LogP contribution is 2.15. The number of H-pyrrole nitrogens is 1. The smallest absolute Gasteiger partial charge is 0.255 e. The molecule has 7 nitrogen and oxygen atoms in total. The number of nitrogens with zero attached hydrogens (tertiary/aromatic N) is 2. The summed E-state index contributed by atoms with van der Waals surface area (Å²) < 4.78 is 5.88. The molecule has 22 heavy (non-hydrogen) atoms. The quantitative estimate of drug-likeness (QED) is 0.759. The van der Waals surface area contributed by atoms with Gasteiger partial charge >= 0.3 is 0 Å². The molecule has 3 N–H and O–H groups in total. The highest BCUT2D eigenvalue weighted by atomic mass is 16.5. The van der Waals surface area contributed by atoms with Crippen LogP contribution < -0.4 is 15.4 Å². The van der Waals surface area contributed by atoms with Crippen molar-refractivity contribution in [2.24, 2.45) is 0 Å². The summed E-state index contributed by atoms with van der Waals surface area (Å²) in [6, 6.07) is 3.70. The molecular weight excluding hydrogens is 282 g/mol. The zero-order valence-corrected chi connectivity index (χ0v) is 12.4. The molecule has 2 aromatic rings. The van der Waals surface area contributed by atoms with Crippen molar-refractivity contribution >= 4 is 5.91 Å². The molecule has 1 aliphatic rings. The average Bonchev–Trinajstić information content (AvgIpc) is 3.17. The van der Waals surface area contributed by atoms with Crippen LogP contribution in [-0.2, 0) is 6.54 Å². The Labute approximate surface area is 128 Å². The Balaban J connectivity index is 1.58. The number of nitrogens with one attached hydrogen (secondary N) is 3. The summed E-state index contributed by atoms with van der Waals surface area (Å²) in [7, 11) is 0. The molecule has 1 fully saturated rings. The monoisotopic (exact) mass is 301 g/mol. The van der Waals surface area contributed by atoms with E-state index in [1.54, 1.807) is 6.20 Å². The van der Waals surface area contributed by atoms with Gasteiger partial charge in [-0.1, -0.05) is 0 Å². The molecule has 3 heterocycles. The van der Waals surface area contributed by atoms with Crippen molar-refractivity contribution in [2.75, 3.05) is 13.1 Å². The molecule has 3 rings (SSSR count). The number of ether oxygens (including phenoxy) is 1. The molecule has 2 aromatic heterocycles. The van der Waals surface area contributed by atoms with Crippen molar-refractivity contribution in [2.45, 2.75) is 26.0 Å². The van der Waals surface area contributed by atoms with Crippen molar-refractivity contribution in [3.8, 4) is 5.75 Å². The minimum absolute atomic E-state index is 0.167. The predicted octanol–water partition coefficient (Wildman–Crippen LogP) is 0.784. The molecule has 0 bridgehead atoms. The van der Waals surface area contributed by atoms with Crippen LogP contribution in [0.2, 0.25) is 0 Å². The maximum Gasteiger partial charge on any atom is 0.255 e. The van der Waals surface area contributed by atoms with E-state index in [0.717, 1.165) is 36.6 Å². The van der Waals surface area contributed by atoms with Gasteiger partial charge in [-0.2, -0.15) is 5.10 Å². The minimum atomic E-state index is -0.167. The van der Waals surface area contributed by atoms with Crippen LogP contribution in [0.4, 0.5) is 0 Å². The number of pyridine rings is 1. The molecule has 0 aliphatic carbocycles. The summed E-state index contributed by atoms with van der Waals surface area (Å²) >= 11 is 0. The lowest BCUT2D eigenvalue weighted by Gasteiger charge is -2.13. The van der Waals surface area contributed by atoms with Crippen LogP contribution in [0.25, 0.3) is 0 Å². The first-order chi connectivity index (χ1) is 10.7. The predicted molar refractivity (Wildman–Crippen MR) is 80.6 cm³/mol. The first kappa shape index (κ1) is 14.5. The SMILES string of the molecule is Cc1[nH]ncc1C(=O)NCc1cc(OC2CCNC2)ccn1. The molecule has 0 saturated carbocycles. The van der Waals surface area contributed by atoms with Gasteiger partial charge in [-0.15, -0.1) is 0 Å². The Morgan fingerprint density at radius 1 is 1.55 bits per heavy atom. The van der Waals surface area contributed by atoms with Crippen molar-refractivity contribution < 1.29 is 9.53 Å². The Bertz CT molecular complexity index is 649. The van der Waals surface area contributed by atoms with E-state index < -0.39 is 0 Å². The van der Waals surface area contributed by atoms with Gasteiger partial charge in [0.1, 0.15) is 11.9 Å². The largest absolute Gasteiger partial charge is 0.489 e. The van der Waals surface area contributed by atoms with Gasteiger partial charge in [0.2, 0.25) is 0 Å². The number of aryl methyl sites for hydroxylation is 1. The number of aromatic amines is 1. The van der Waals surface area contributed by atoms with Crippen molar-refractivity contribution in [3.63, 3.8) is 0 Å². The average molecular weight is 301 g/mol.